The van der Waals surface area contributed by atoms with Crippen LogP contribution in [0, 0.1) is 0 Å². The fourth-order valence-electron chi connectivity index (χ4n) is 8.32. The molecular formula is C77H118O6. The molecule has 462 valence electrons. The number of esters is 3. The van der Waals surface area contributed by atoms with Crippen LogP contribution < -0.4 is 0 Å². The van der Waals surface area contributed by atoms with Crippen LogP contribution in [-0.2, 0) is 28.6 Å². The lowest BCUT2D eigenvalue weighted by atomic mass is 10.0. The van der Waals surface area contributed by atoms with E-state index < -0.39 is 18.0 Å². The Labute approximate surface area is 509 Å². The maximum absolute atomic E-state index is 12.9. The number of allylic oxidation sites excluding steroid dienone is 31. The fraction of sp³-hybridized carbons (Fsp3) is 0.545. The maximum atomic E-state index is 12.9. The number of carbonyl (C=O) groups is 3. The summed E-state index contributed by atoms with van der Waals surface area (Å²) in [6.07, 6.45) is 105. The van der Waals surface area contributed by atoms with Gasteiger partial charge in [-0.1, -0.05) is 292 Å². The highest BCUT2D eigenvalue weighted by atomic mass is 16.6. The Morgan fingerprint density at radius 1 is 0.253 bits per heavy atom. The largest absolute Gasteiger partial charge is 0.462 e. The molecule has 0 radical (unpaired) electrons. The second-order valence-electron chi connectivity index (χ2n) is 20.9. The Hall–Kier alpha value is -5.75. The molecule has 0 bridgehead atoms. The van der Waals surface area contributed by atoms with Crippen LogP contribution >= 0.6 is 0 Å². The van der Waals surface area contributed by atoms with Crippen molar-refractivity contribution in [1.82, 2.24) is 0 Å². The first-order valence-corrected chi connectivity index (χ1v) is 32.9. The van der Waals surface area contributed by atoms with E-state index in [1.165, 1.54) is 77.0 Å². The second-order valence-corrected chi connectivity index (χ2v) is 20.9. The first kappa shape index (κ1) is 77.2. The smallest absolute Gasteiger partial charge is 0.309 e. The topological polar surface area (TPSA) is 78.9 Å². The number of ether oxygens (including phenoxy) is 3. The molecule has 0 aliphatic rings. The highest BCUT2D eigenvalue weighted by molar-refractivity contribution is 5.72. The van der Waals surface area contributed by atoms with Crippen LogP contribution in [0.3, 0.4) is 0 Å². The van der Waals surface area contributed by atoms with E-state index in [9.17, 15) is 14.4 Å². The summed E-state index contributed by atoms with van der Waals surface area (Å²) in [6.45, 7) is 6.16. The summed E-state index contributed by atoms with van der Waals surface area (Å²) >= 11 is 0. The standard InChI is InChI=1S/C77H118O6/c1-4-7-10-13-16-19-22-25-28-30-32-34-36-37-38-39-41-42-44-46-49-52-55-58-61-64-67-70-76(79)82-73-74(72-81-75(78)69-66-63-60-57-54-51-48-27-24-21-18-15-12-9-6-3)83-77(80)71-68-65-62-59-56-53-50-47-45-43-40-35-33-31-29-26-23-20-17-14-11-8-5-2/h7-12,16-21,25-29,32-35,43,45,48,50,53-54,57,59,62-63,66,74H,4-6,13-15,22-24,30-31,36-42,44,46-47,49,51-52,55-56,58,60-61,64-65,67-73H2,1-3H3/b10-7-,11-8-,12-9-,19-16-,20-17-,21-18-,28-25-,29-26-,34-32-,35-33-,45-43-,48-27-,53-50-,57-54-,62-59-,66-63-. The summed E-state index contributed by atoms with van der Waals surface area (Å²) < 4.78 is 16.8. The van der Waals surface area contributed by atoms with Gasteiger partial charge < -0.3 is 14.2 Å². The minimum absolute atomic E-state index is 0.105. The molecule has 0 aliphatic carbocycles. The Morgan fingerprint density at radius 3 is 0.819 bits per heavy atom. The normalized spacial score (nSPS) is 13.4. The molecule has 1 unspecified atom stereocenters. The van der Waals surface area contributed by atoms with Gasteiger partial charge in [-0.15, -0.1) is 0 Å². The summed E-state index contributed by atoms with van der Waals surface area (Å²) in [5.74, 6) is -1.14. The fourth-order valence-corrected chi connectivity index (χ4v) is 8.32. The van der Waals surface area contributed by atoms with E-state index in [0.717, 1.165) is 122 Å². The maximum Gasteiger partial charge on any atom is 0.309 e. The first-order chi connectivity index (χ1) is 41.0. The zero-order valence-corrected chi connectivity index (χ0v) is 52.9. The third-order valence-electron chi connectivity index (χ3n) is 13.1. The summed E-state index contributed by atoms with van der Waals surface area (Å²) in [5.41, 5.74) is 0. The lowest BCUT2D eigenvalue weighted by Gasteiger charge is -2.18. The van der Waals surface area contributed by atoms with Crippen molar-refractivity contribution in [3.63, 3.8) is 0 Å². The van der Waals surface area contributed by atoms with Crippen molar-refractivity contribution in [2.45, 2.75) is 258 Å². The van der Waals surface area contributed by atoms with Crippen LogP contribution in [0.2, 0.25) is 0 Å². The van der Waals surface area contributed by atoms with Gasteiger partial charge in [0.15, 0.2) is 6.10 Å². The zero-order chi connectivity index (χ0) is 59.9. The number of hydrogen-bond donors (Lipinski definition) is 0. The van der Waals surface area contributed by atoms with Crippen molar-refractivity contribution < 1.29 is 28.6 Å². The molecule has 0 spiro atoms. The van der Waals surface area contributed by atoms with Gasteiger partial charge in [0.1, 0.15) is 13.2 Å². The van der Waals surface area contributed by atoms with Gasteiger partial charge in [-0.2, -0.15) is 0 Å². The van der Waals surface area contributed by atoms with Crippen molar-refractivity contribution in [2.75, 3.05) is 13.2 Å². The number of hydrogen-bond acceptors (Lipinski definition) is 6. The summed E-state index contributed by atoms with van der Waals surface area (Å²) in [6, 6.07) is 0. The molecular weight excluding hydrogens is 1020 g/mol. The molecule has 0 heterocycles. The SMILES string of the molecule is CC/C=C\C/C=C\C/C=C\C/C=C\C/C=C\C/C=C\C/C=C\CCCC(=O)OC(COC(=O)C/C=C\C/C=C\C/C=C\C/C=C\C/C=C\CC)COC(=O)CCCCCCCCCCCCCCCC/C=C\C/C=C\C/C=C\C/C=C\CC. The molecule has 0 N–H and O–H groups in total. The molecule has 0 saturated carbocycles. The lowest BCUT2D eigenvalue weighted by molar-refractivity contribution is -0.166. The molecule has 1 atom stereocenters. The average Bonchev–Trinajstić information content (AvgIpc) is 3.49. The van der Waals surface area contributed by atoms with Crippen molar-refractivity contribution in [3.05, 3.63) is 194 Å². The molecule has 0 amide bonds. The van der Waals surface area contributed by atoms with Gasteiger partial charge >= 0.3 is 17.9 Å². The molecule has 0 aromatic rings. The van der Waals surface area contributed by atoms with Crippen LogP contribution in [0.15, 0.2) is 194 Å². The lowest BCUT2D eigenvalue weighted by Crippen LogP contribution is -2.30. The predicted molar refractivity (Wildman–Crippen MR) is 361 cm³/mol. The van der Waals surface area contributed by atoms with Gasteiger partial charge in [0.25, 0.3) is 0 Å². The van der Waals surface area contributed by atoms with E-state index in [2.05, 4.69) is 203 Å². The molecule has 0 saturated heterocycles. The quantitative estimate of drug-likeness (QED) is 0.0261. The monoisotopic (exact) mass is 1140 g/mol. The molecule has 0 aliphatic heterocycles. The molecule has 83 heavy (non-hydrogen) atoms. The first-order valence-electron chi connectivity index (χ1n) is 32.9. The van der Waals surface area contributed by atoms with Crippen molar-refractivity contribution >= 4 is 17.9 Å². The van der Waals surface area contributed by atoms with E-state index in [4.69, 9.17) is 14.2 Å². The predicted octanol–water partition coefficient (Wildman–Crippen LogP) is 23.0. The van der Waals surface area contributed by atoms with E-state index in [-0.39, 0.29) is 32.0 Å². The third kappa shape index (κ3) is 66.9. The van der Waals surface area contributed by atoms with E-state index in [1.807, 2.05) is 6.08 Å². The van der Waals surface area contributed by atoms with Crippen LogP contribution in [0.4, 0.5) is 0 Å². The van der Waals surface area contributed by atoms with Crippen LogP contribution in [-0.4, -0.2) is 37.2 Å². The van der Waals surface area contributed by atoms with Gasteiger partial charge in [0.05, 0.1) is 6.42 Å². The molecule has 0 fully saturated rings. The second kappa shape index (κ2) is 68.7. The number of carbonyl (C=O) groups excluding carboxylic acids is 3. The minimum Gasteiger partial charge on any atom is -0.462 e. The van der Waals surface area contributed by atoms with Crippen molar-refractivity contribution in [3.8, 4) is 0 Å². The summed E-state index contributed by atoms with van der Waals surface area (Å²) in [7, 11) is 0. The average molecular weight is 1140 g/mol. The Kier molecular flexibility index (Phi) is 64.0. The molecule has 0 rings (SSSR count). The summed E-state index contributed by atoms with van der Waals surface area (Å²) in [4.78, 5) is 38.3. The Balaban J connectivity index is 4.51. The molecule has 0 aromatic carbocycles. The molecule has 6 heteroatoms. The Bertz CT molecular complexity index is 1990. The number of unbranched alkanes of at least 4 members (excludes halogenated alkanes) is 15. The van der Waals surface area contributed by atoms with Gasteiger partial charge in [-0.3, -0.25) is 14.4 Å². The molecule has 6 nitrogen and oxygen atoms in total. The zero-order valence-electron chi connectivity index (χ0n) is 52.9. The van der Waals surface area contributed by atoms with Gasteiger partial charge in [0.2, 0.25) is 0 Å². The van der Waals surface area contributed by atoms with Gasteiger partial charge in [0, 0.05) is 12.8 Å². The highest BCUT2D eigenvalue weighted by Gasteiger charge is 2.19. The van der Waals surface area contributed by atoms with Crippen molar-refractivity contribution in [1.29, 1.82) is 0 Å². The van der Waals surface area contributed by atoms with E-state index in [0.29, 0.717) is 19.3 Å². The Morgan fingerprint density at radius 2 is 0.494 bits per heavy atom. The number of rotatable bonds is 57. The van der Waals surface area contributed by atoms with Crippen LogP contribution in [0.1, 0.15) is 252 Å². The highest BCUT2D eigenvalue weighted by Crippen LogP contribution is 2.15. The van der Waals surface area contributed by atoms with Crippen LogP contribution in [0.25, 0.3) is 0 Å². The van der Waals surface area contributed by atoms with E-state index >= 15 is 0 Å². The van der Waals surface area contributed by atoms with E-state index in [1.54, 1.807) is 6.08 Å². The van der Waals surface area contributed by atoms with Gasteiger partial charge in [-0.25, -0.2) is 0 Å². The van der Waals surface area contributed by atoms with Gasteiger partial charge in [-0.05, 0) is 135 Å². The van der Waals surface area contributed by atoms with Crippen molar-refractivity contribution in [2.24, 2.45) is 0 Å². The van der Waals surface area contributed by atoms with Crippen LogP contribution in [0.5, 0.6) is 0 Å². The summed E-state index contributed by atoms with van der Waals surface area (Å²) in [5, 5.41) is 0. The minimum atomic E-state index is -0.862. The third-order valence-corrected chi connectivity index (χ3v) is 13.1. The molecule has 0 aromatic heterocycles.